The normalized spacial score (nSPS) is 16.8. The highest BCUT2D eigenvalue weighted by atomic mass is 32.1. The number of aromatic nitrogens is 2. The quantitative estimate of drug-likeness (QED) is 0.203. The van der Waals surface area contributed by atoms with Gasteiger partial charge < -0.3 is 20.4 Å². The summed E-state index contributed by atoms with van der Waals surface area (Å²) in [5, 5.41) is 8.94. The van der Waals surface area contributed by atoms with E-state index in [-0.39, 0.29) is 5.91 Å². The molecule has 41 heavy (non-hydrogen) atoms. The summed E-state index contributed by atoms with van der Waals surface area (Å²) in [6.07, 6.45) is 13.8. The van der Waals surface area contributed by atoms with Gasteiger partial charge in [0.25, 0.3) is 5.91 Å². The van der Waals surface area contributed by atoms with Crippen LogP contribution in [0.2, 0.25) is 0 Å². The third kappa shape index (κ3) is 7.23. The van der Waals surface area contributed by atoms with E-state index in [1.807, 2.05) is 18.3 Å². The molecule has 2 fully saturated rings. The van der Waals surface area contributed by atoms with Gasteiger partial charge in [0.2, 0.25) is 0 Å². The number of benzene rings is 1. The minimum absolute atomic E-state index is 0.0266. The van der Waals surface area contributed by atoms with Crippen LogP contribution in [0.25, 0.3) is 32.2 Å². The highest BCUT2D eigenvalue weighted by Gasteiger charge is 2.14. The van der Waals surface area contributed by atoms with Crippen LogP contribution in [0.3, 0.4) is 0 Å². The van der Waals surface area contributed by atoms with Crippen LogP contribution in [0.4, 0.5) is 5.69 Å². The van der Waals surface area contributed by atoms with Crippen molar-refractivity contribution in [2.24, 2.45) is 0 Å². The van der Waals surface area contributed by atoms with Crippen LogP contribution in [0.1, 0.15) is 61.0 Å². The lowest BCUT2D eigenvalue weighted by molar-refractivity contribution is 0.0955. The second-order valence-electron chi connectivity index (χ2n) is 11.5. The predicted molar refractivity (Wildman–Crippen MR) is 171 cm³/mol. The zero-order chi connectivity index (χ0) is 27.9. The third-order valence-corrected chi connectivity index (χ3v) is 9.56. The van der Waals surface area contributed by atoms with Crippen molar-refractivity contribution in [2.45, 2.75) is 51.4 Å². The van der Waals surface area contributed by atoms with Gasteiger partial charge in [0.05, 0.1) is 16.1 Å². The van der Waals surface area contributed by atoms with Crippen LogP contribution in [-0.2, 0) is 0 Å². The number of nitrogens with zero attached hydrogens (tertiary/aromatic N) is 4. The van der Waals surface area contributed by atoms with Gasteiger partial charge in [-0.2, -0.15) is 0 Å². The number of fused-ring (bicyclic) bond motifs is 2. The summed E-state index contributed by atoms with van der Waals surface area (Å²) in [6, 6.07) is 12.5. The number of rotatable bonds is 11. The molecule has 0 spiro atoms. The first-order valence-electron chi connectivity index (χ1n) is 15.5. The molecule has 2 saturated heterocycles. The molecule has 1 amide bonds. The number of carbonyl (C=O) groups is 1. The molecule has 4 aromatic rings. The SMILES string of the molecule is O=C(NCCCN1CCCCC1)c1cc2cc(-c3cc(NCCCN4CCCCC4)c4cnccc4n3)ccc2s1. The Morgan fingerprint density at radius 2 is 1.59 bits per heavy atom. The second kappa shape index (κ2) is 13.7. The molecule has 0 bridgehead atoms. The fourth-order valence-electron chi connectivity index (χ4n) is 6.16. The van der Waals surface area contributed by atoms with Crippen LogP contribution < -0.4 is 10.6 Å². The first kappa shape index (κ1) is 28.1. The van der Waals surface area contributed by atoms with Crippen LogP contribution in [-0.4, -0.2) is 78.0 Å². The maximum atomic E-state index is 12.9. The molecule has 8 heteroatoms. The minimum Gasteiger partial charge on any atom is -0.384 e. The topological polar surface area (TPSA) is 73.4 Å². The van der Waals surface area contributed by atoms with Gasteiger partial charge in [-0.15, -0.1) is 11.3 Å². The van der Waals surface area contributed by atoms with Crippen molar-refractivity contribution in [3.8, 4) is 11.3 Å². The molecule has 6 rings (SSSR count). The average molecular weight is 571 g/mol. The van der Waals surface area contributed by atoms with E-state index in [2.05, 4.69) is 49.7 Å². The van der Waals surface area contributed by atoms with Gasteiger partial charge in [0, 0.05) is 46.8 Å². The number of thiophene rings is 1. The maximum absolute atomic E-state index is 12.9. The Bertz CT molecular complexity index is 1460. The summed E-state index contributed by atoms with van der Waals surface area (Å²) in [5.41, 5.74) is 4.00. The fraction of sp³-hybridized carbons (Fsp3) is 0.485. The van der Waals surface area contributed by atoms with E-state index in [4.69, 9.17) is 4.98 Å². The van der Waals surface area contributed by atoms with E-state index in [0.29, 0.717) is 0 Å². The lowest BCUT2D eigenvalue weighted by atomic mass is 10.1. The first-order chi connectivity index (χ1) is 20.2. The third-order valence-electron chi connectivity index (χ3n) is 8.45. The van der Waals surface area contributed by atoms with E-state index >= 15 is 0 Å². The number of anilines is 1. The molecule has 216 valence electrons. The van der Waals surface area contributed by atoms with Gasteiger partial charge >= 0.3 is 0 Å². The summed E-state index contributed by atoms with van der Waals surface area (Å²) < 4.78 is 1.12. The number of amides is 1. The molecule has 0 radical (unpaired) electrons. The Balaban J connectivity index is 1.11. The van der Waals surface area contributed by atoms with Gasteiger partial charge in [0.15, 0.2) is 0 Å². The zero-order valence-electron chi connectivity index (χ0n) is 24.0. The van der Waals surface area contributed by atoms with E-state index in [9.17, 15) is 4.79 Å². The van der Waals surface area contributed by atoms with Crippen molar-refractivity contribution in [3.05, 3.63) is 53.7 Å². The first-order valence-corrected chi connectivity index (χ1v) is 16.3. The van der Waals surface area contributed by atoms with Gasteiger partial charge in [-0.1, -0.05) is 18.9 Å². The Labute approximate surface area is 247 Å². The number of likely N-dealkylation sites (tertiary alicyclic amines) is 2. The minimum atomic E-state index is 0.0266. The summed E-state index contributed by atoms with van der Waals surface area (Å²) >= 11 is 1.56. The van der Waals surface area contributed by atoms with E-state index in [0.717, 1.165) is 81.8 Å². The number of pyridine rings is 2. The zero-order valence-corrected chi connectivity index (χ0v) is 24.9. The van der Waals surface area contributed by atoms with Crippen LogP contribution >= 0.6 is 11.3 Å². The largest absolute Gasteiger partial charge is 0.384 e. The number of hydrogen-bond donors (Lipinski definition) is 2. The van der Waals surface area contributed by atoms with E-state index in [1.54, 1.807) is 17.5 Å². The second-order valence-corrected chi connectivity index (χ2v) is 12.6. The molecule has 0 saturated carbocycles. The summed E-state index contributed by atoms with van der Waals surface area (Å²) in [6.45, 7) is 8.73. The highest BCUT2D eigenvalue weighted by molar-refractivity contribution is 7.20. The van der Waals surface area contributed by atoms with Gasteiger partial charge in [-0.25, -0.2) is 4.98 Å². The van der Waals surface area contributed by atoms with Crippen molar-refractivity contribution in [1.29, 1.82) is 0 Å². The Morgan fingerprint density at radius 3 is 2.34 bits per heavy atom. The number of hydrogen-bond acceptors (Lipinski definition) is 7. The number of carbonyl (C=O) groups excluding carboxylic acids is 1. The van der Waals surface area contributed by atoms with E-state index < -0.39 is 0 Å². The Kier molecular flexibility index (Phi) is 9.40. The van der Waals surface area contributed by atoms with Crippen molar-refractivity contribution in [1.82, 2.24) is 25.1 Å². The standard InChI is InChI=1S/C33H42N6OS/c40-33(36-13-8-20-39-17-5-2-6-18-39)32-22-26-21-25(9-10-31(26)41-32)29-23-30(27-24-34-14-11-28(27)37-29)35-12-7-19-38-15-3-1-4-16-38/h9-11,14,21-24H,1-8,12-13,15-20H2,(H,35,37)(H,36,40). The molecular weight excluding hydrogens is 528 g/mol. The van der Waals surface area contributed by atoms with Crippen molar-refractivity contribution >= 4 is 43.9 Å². The molecule has 0 unspecified atom stereocenters. The van der Waals surface area contributed by atoms with Crippen molar-refractivity contribution in [2.75, 3.05) is 57.7 Å². The van der Waals surface area contributed by atoms with Crippen LogP contribution in [0.5, 0.6) is 0 Å². The molecule has 3 aromatic heterocycles. The average Bonchev–Trinajstić information content (AvgIpc) is 3.46. The van der Waals surface area contributed by atoms with Crippen LogP contribution in [0, 0.1) is 0 Å². The van der Waals surface area contributed by atoms with Gasteiger partial charge in [-0.05, 0) is 114 Å². The lowest BCUT2D eigenvalue weighted by Gasteiger charge is -2.26. The van der Waals surface area contributed by atoms with Gasteiger partial charge in [-0.3, -0.25) is 9.78 Å². The molecule has 1 aromatic carbocycles. The Morgan fingerprint density at radius 1 is 0.854 bits per heavy atom. The van der Waals surface area contributed by atoms with Crippen molar-refractivity contribution < 1.29 is 4.79 Å². The molecule has 2 N–H and O–H groups in total. The number of piperidine rings is 2. The molecule has 2 aliphatic heterocycles. The lowest BCUT2D eigenvalue weighted by Crippen LogP contribution is -2.33. The molecule has 7 nitrogen and oxygen atoms in total. The molecule has 0 aliphatic carbocycles. The van der Waals surface area contributed by atoms with Gasteiger partial charge in [0.1, 0.15) is 0 Å². The van der Waals surface area contributed by atoms with E-state index in [1.165, 1.54) is 64.7 Å². The van der Waals surface area contributed by atoms with Crippen molar-refractivity contribution in [3.63, 3.8) is 0 Å². The summed E-state index contributed by atoms with van der Waals surface area (Å²) in [7, 11) is 0. The molecule has 5 heterocycles. The summed E-state index contributed by atoms with van der Waals surface area (Å²) in [5.74, 6) is 0.0266. The fourth-order valence-corrected chi connectivity index (χ4v) is 7.12. The Hall–Kier alpha value is -3.07. The molecular formula is C33H42N6OS. The maximum Gasteiger partial charge on any atom is 0.261 e. The molecule has 2 aliphatic rings. The smallest absolute Gasteiger partial charge is 0.261 e. The molecule has 0 atom stereocenters. The monoisotopic (exact) mass is 570 g/mol. The predicted octanol–water partition coefficient (Wildman–Crippen LogP) is 6.41. The van der Waals surface area contributed by atoms with Crippen LogP contribution in [0.15, 0.2) is 48.8 Å². The highest BCUT2D eigenvalue weighted by Crippen LogP contribution is 2.32. The number of nitrogens with one attached hydrogen (secondary N) is 2. The summed E-state index contributed by atoms with van der Waals surface area (Å²) in [4.78, 5) is 28.1.